The monoisotopic (exact) mass is 661 g/mol. The first-order chi connectivity index (χ1) is 21.5. The van der Waals surface area contributed by atoms with Gasteiger partial charge < -0.3 is 18.9 Å². The average molecular weight is 661 g/mol. The first-order valence-corrected chi connectivity index (χ1v) is 18.2. The van der Waals surface area contributed by atoms with Gasteiger partial charge in [0.05, 0.1) is 37.3 Å². The summed E-state index contributed by atoms with van der Waals surface area (Å²) in [5, 5.41) is 0. The highest BCUT2D eigenvalue weighted by atomic mass is 16.5. The van der Waals surface area contributed by atoms with Crippen LogP contribution in [0, 0.1) is 23.7 Å². The maximum atomic E-state index is 11.2. The van der Waals surface area contributed by atoms with E-state index in [2.05, 4.69) is 27.7 Å². The second kappa shape index (κ2) is 35.7. The molecule has 0 amide bonds. The highest BCUT2D eigenvalue weighted by molar-refractivity contribution is 5.72. The quantitative estimate of drug-likeness (QED) is 0.0721. The van der Waals surface area contributed by atoms with Crippen molar-refractivity contribution in [1.82, 2.24) is 0 Å². The number of rotatable bonds is 20. The Morgan fingerprint density at radius 3 is 1.22 bits per heavy atom. The molecule has 0 aliphatic carbocycles. The molecule has 0 aliphatic rings. The number of ether oxygens (including phenoxy) is 4. The van der Waals surface area contributed by atoms with Crippen molar-refractivity contribution in [3.05, 3.63) is 0 Å². The summed E-state index contributed by atoms with van der Waals surface area (Å²) in [5.74, 6) is 0.775. The van der Waals surface area contributed by atoms with Crippen LogP contribution in [0.1, 0.15) is 174 Å². The molecular weight excluding hydrogens is 584 g/mol. The molecule has 0 bridgehead atoms. The van der Waals surface area contributed by atoms with Crippen LogP contribution >= 0.6 is 0 Å². The fourth-order valence-electron chi connectivity index (χ4n) is 3.53. The molecule has 2 unspecified atom stereocenters. The minimum atomic E-state index is -0.0677. The summed E-state index contributed by atoms with van der Waals surface area (Å²) in [5.41, 5.74) is 0. The summed E-state index contributed by atoms with van der Waals surface area (Å²) in [6.07, 6.45) is 11.6. The van der Waals surface area contributed by atoms with Crippen molar-refractivity contribution >= 4 is 23.9 Å². The Morgan fingerprint density at radius 1 is 0.457 bits per heavy atom. The SMILES string of the molecule is CCCC(C)C(=O)OC(C)C.CCCC(C)C(=O)OCC(C)C.CCCCCC(=O)OC(C)C.CCCCCC(=O)OCC(C)C. The van der Waals surface area contributed by atoms with Crippen molar-refractivity contribution in [3.8, 4) is 0 Å². The van der Waals surface area contributed by atoms with Gasteiger partial charge in [0.1, 0.15) is 0 Å². The molecule has 0 saturated heterocycles. The fourth-order valence-corrected chi connectivity index (χ4v) is 3.53. The lowest BCUT2D eigenvalue weighted by Crippen LogP contribution is -2.18. The molecule has 0 radical (unpaired) electrons. The van der Waals surface area contributed by atoms with E-state index in [1.165, 1.54) is 0 Å². The van der Waals surface area contributed by atoms with Gasteiger partial charge in [0.2, 0.25) is 0 Å². The normalized spacial score (nSPS) is 11.7. The van der Waals surface area contributed by atoms with Crippen LogP contribution in [0.25, 0.3) is 0 Å². The molecule has 46 heavy (non-hydrogen) atoms. The van der Waals surface area contributed by atoms with E-state index in [0.717, 1.165) is 64.2 Å². The third kappa shape index (κ3) is 44.0. The summed E-state index contributed by atoms with van der Waals surface area (Å²) >= 11 is 0. The number of unbranched alkanes of at least 4 members (excludes halogenated alkanes) is 4. The molecule has 0 aromatic rings. The average Bonchev–Trinajstić information content (AvgIpc) is 2.95. The maximum absolute atomic E-state index is 11.2. The predicted octanol–water partition coefficient (Wildman–Crippen LogP) is 10.3. The second-order valence-corrected chi connectivity index (χ2v) is 13.4. The zero-order valence-corrected chi connectivity index (χ0v) is 32.6. The summed E-state index contributed by atoms with van der Waals surface area (Å²) in [4.78, 5) is 44.2. The number of carbonyl (C=O) groups excluding carboxylic acids is 4. The van der Waals surface area contributed by atoms with Crippen LogP contribution in [0.2, 0.25) is 0 Å². The van der Waals surface area contributed by atoms with Crippen LogP contribution in [-0.2, 0) is 38.1 Å². The van der Waals surface area contributed by atoms with Crippen molar-refractivity contribution in [2.45, 2.75) is 186 Å². The Bertz CT molecular complexity index is 715. The van der Waals surface area contributed by atoms with Crippen LogP contribution in [0.15, 0.2) is 0 Å². The molecule has 0 saturated carbocycles. The molecule has 0 rings (SSSR count). The standard InChI is InChI=1S/2C10H20O2.2C9H18O2/c1-5-6-9(4)10(11)12-7-8(2)3;1-4-5-6-7-10(11)12-8-9(2)3;1-5-6-8(4)9(10)11-7(2)3;1-4-5-6-7-9(10)11-8(2)3/h8-9H,5-7H2,1-4H3;9H,4-8H2,1-3H3;7-8H,5-6H2,1-4H3;8H,4-7H2,1-3H3. The van der Waals surface area contributed by atoms with E-state index in [4.69, 9.17) is 18.9 Å². The first kappa shape index (κ1) is 50.7. The summed E-state index contributed by atoms with van der Waals surface area (Å²) in [7, 11) is 0. The van der Waals surface area contributed by atoms with Crippen LogP contribution < -0.4 is 0 Å². The number of hydrogen-bond donors (Lipinski definition) is 0. The Kier molecular flexibility index (Phi) is 39.4. The third-order valence-corrected chi connectivity index (χ3v) is 6.07. The first-order valence-electron chi connectivity index (χ1n) is 18.2. The molecule has 0 aromatic heterocycles. The van der Waals surface area contributed by atoms with E-state index in [1.807, 2.05) is 69.2 Å². The smallest absolute Gasteiger partial charge is 0.308 e. The largest absolute Gasteiger partial charge is 0.465 e. The molecule has 0 aromatic carbocycles. The lowest BCUT2D eigenvalue weighted by molar-refractivity contribution is -0.152. The highest BCUT2D eigenvalue weighted by Gasteiger charge is 2.14. The Morgan fingerprint density at radius 2 is 0.848 bits per heavy atom. The van der Waals surface area contributed by atoms with E-state index in [9.17, 15) is 19.2 Å². The van der Waals surface area contributed by atoms with E-state index < -0.39 is 0 Å². The molecular formula is C38H76O8. The Balaban J connectivity index is -0.000000256. The van der Waals surface area contributed by atoms with Crippen LogP contribution in [0.4, 0.5) is 0 Å². The van der Waals surface area contributed by atoms with Crippen molar-refractivity contribution in [2.75, 3.05) is 13.2 Å². The summed E-state index contributed by atoms with van der Waals surface area (Å²) in [6.45, 7) is 29.0. The lowest BCUT2D eigenvalue weighted by atomic mass is 10.1. The summed E-state index contributed by atoms with van der Waals surface area (Å²) < 4.78 is 20.1. The van der Waals surface area contributed by atoms with Gasteiger partial charge in [-0.1, -0.05) is 108 Å². The minimum absolute atomic E-state index is 0.0156. The van der Waals surface area contributed by atoms with Gasteiger partial charge >= 0.3 is 23.9 Å². The molecule has 0 heterocycles. The number of hydrogen-bond acceptors (Lipinski definition) is 8. The Hall–Kier alpha value is -2.12. The van der Waals surface area contributed by atoms with Gasteiger partial charge in [-0.15, -0.1) is 0 Å². The minimum Gasteiger partial charge on any atom is -0.465 e. The lowest BCUT2D eigenvalue weighted by Gasteiger charge is -2.12. The van der Waals surface area contributed by atoms with E-state index in [1.54, 1.807) is 0 Å². The van der Waals surface area contributed by atoms with Gasteiger partial charge in [-0.05, 0) is 65.2 Å². The van der Waals surface area contributed by atoms with Crippen molar-refractivity contribution in [1.29, 1.82) is 0 Å². The van der Waals surface area contributed by atoms with Gasteiger partial charge in [-0.25, -0.2) is 0 Å². The molecule has 8 heteroatoms. The van der Waals surface area contributed by atoms with Crippen molar-refractivity contribution in [3.63, 3.8) is 0 Å². The molecule has 0 fully saturated rings. The molecule has 0 aliphatic heterocycles. The molecule has 0 N–H and O–H groups in total. The zero-order chi connectivity index (χ0) is 36.5. The van der Waals surface area contributed by atoms with Crippen molar-refractivity contribution < 1.29 is 38.1 Å². The summed E-state index contributed by atoms with van der Waals surface area (Å²) in [6, 6.07) is 0. The molecule has 8 nitrogen and oxygen atoms in total. The van der Waals surface area contributed by atoms with E-state index in [-0.39, 0.29) is 47.9 Å². The topological polar surface area (TPSA) is 105 Å². The maximum Gasteiger partial charge on any atom is 0.308 e. The van der Waals surface area contributed by atoms with Gasteiger partial charge in [-0.2, -0.15) is 0 Å². The third-order valence-electron chi connectivity index (χ3n) is 6.07. The zero-order valence-electron chi connectivity index (χ0n) is 32.6. The van der Waals surface area contributed by atoms with E-state index >= 15 is 0 Å². The van der Waals surface area contributed by atoms with Gasteiger partial charge in [0, 0.05) is 12.8 Å². The molecule has 2 atom stereocenters. The van der Waals surface area contributed by atoms with E-state index in [0.29, 0.717) is 37.9 Å². The highest BCUT2D eigenvalue weighted by Crippen LogP contribution is 2.09. The predicted molar refractivity (Wildman–Crippen MR) is 190 cm³/mol. The fraction of sp³-hybridized carbons (Fsp3) is 0.895. The second-order valence-electron chi connectivity index (χ2n) is 13.4. The van der Waals surface area contributed by atoms with Gasteiger partial charge in [0.25, 0.3) is 0 Å². The molecule has 0 spiro atoms. The number of carbonyl (C=O) groups is 4. The van der Waals surface area contributed by atoms with Crippen LogP contribution in [0.3, 0.4) is 0 Å². The number of esters is 4. The van der Waals surface area contributed by atoms with Crippen LogP contribution in [-0.4, -0.2) is 49.3 Å². The van der Waals surface area contributed by atoms with Gasteiger partial charge in [-0.3, -0.25) is 19.2 Å². The van der Waals surface area contributed by atoms with Crippen LogP contribution in [0.5, 0.6) is 0 Å². The van der Waals surface area contributed by atoms with Gasteiger partial charge in [0.15, 0.2) is 0 Å². The molecule has 276 valence electrons. The Labute approximate surface area is 284 Å². The van der Waals surface area contributed by atoms with Crippen molar-refractivity contribution in [2.24, 2.45) is 23.7 Å².